The second kappa shape index (κ2) is 5.27. The van der Waals surface area contributed by atoms with Crippen LogP contribution in [0.4, 0.5) is 5.69 Å². The van der Waals surface area contributed by atoms with Gasteiger partial charge < -0.3 is 15.2 Å². The van der Waals surface area contributed by atoms with Crippen LogP contribution in [0, 0.1) is 5.41 Å². The summed E-state index contributed by atoms with van der Waals surface area (Å²) in [7, 11) is 0. The van der Waals surface area contributed by atoms with Gasteiger partial charge in [0.1, 0.15) is 5.69 Å². The molecule has 4 heteroatoms. The van der Waals surface area contributed by atoms with Crippen molar-refractivity contribution in [1.29, 1.82) is 0 Å². The number of amides is 1. The van der Waals surface area contributed by atoms with Crippen molar-refractivity contribution in [1.82, 2.24) is 9.47 Å². The summed E-state index contributed by atoms with van der Waals surface area (Å²) in [5, 5.41) is 0. The third-order valence-corrected chi connectivity index (χ3v) is 3.79. The van der Waals surface area contributed by atoms with Crippen LogP contribution in [-0.2, 0) is 6.54 Å². The molecule has 1 amide bonds. The van der Waals surface area contributed by atoms with Crippen molar-refractivity contribution in [3.05, 3.63) is 18.0 Å². The van der Waals surface area contributed by atoms with E-state index in [0.717, 1.165) is 38.2 Å². The molecule has 0 unspecified atom stereocenters. The summed E-state index contributed by atoms with van der Waals surface area (Å²) in [5.74, 6) is 0.123. The molecule has 2 rings (SSSR count). The van der Waals surface area contributed by atoms with Gasteiger partial charge in [-0.25, -0.2) is 0 Å². The van der Waals surface area contributed by atoms with Gasteiger partial charge >= 0.3 is 0 Å². The van der Waals surface area contributed by atoms with Crippen LogP contribution in [0.15, 0.2) is 12.3 Å². The topological polar surface area (TPSA) is 51.3 Å². The van der Waals surface area contributed by atoms with Crippen molar-refractivity contribution in [2.24, 2.45) is 5.41 Å². The Morgan fingerprint density at radius 3 is 2.84 bits per heavy atom. The lowest BCUT2D eigenvalue weighted by molar-refractivity contribution is 0.0572. The van der Waals surface area contributed by atoms with Crippen molar-refractivity contribution < 1.29 is 4.79 Å². The zero-order chi connectivity index (χ0) is 14.0. The molecule has 0 aliphatic carbocycles. The van der Waals surface area contributed by atoms with Crippen LogP contribution in [0.2, 0.25) is 0 Å². The van der Waals surface area contributed by atoms with Crippen molar-refractivity contribution in [2.45, 2.75) is 46.6 Å². The van der Waals surface area contributed by atoms with E-state index in [-0.39, 0.29) is 11.3 Å². The third-order valence-electron chi connectivity index (χ3n) is 3.79. The average Bonchev–Trinajstić information content (AvgIpc) is 2.68. The number of aromatic nitrogens is 1. The molecule has 1 saturated heterocycles. The highest BCUT2D eigenvalue weighted by Gasteiger charge is 2.30. The molecule has 2 N–H and O–H groups in total. The Kier molecular flexibility index (Phi) is 3.88. The number of piperidine rings is 1. The van der Waals surface area contributed by atoms with Gasteiger partial charge in [-0.1, -0.05) is 20.8 Å². The van der Waals surface area contributed by atoms with E-state index in [0.29, 0.717) is 5.69 Å². The van der Waals surface area contributed by atoms with Crippen molar-refractivity contribution in [3.63, 3.8) is 0 Å². The lowest BCUT2D eigenvalue weighted by Crippen LogP contribution is -2.44. The molecular formula is C15H25N3O. The summed E-state index contributed by atoms with van der Waals surface area (Å²) >= 11 is 0. The van der Waals surface area contributed by atoms with Gasteiger partial charge in [-0.05, 0) is 30.7 Å². The van der Waals surface area contributed by atoms with E-state index in [1.165, 1.54) is 6.42 Å². The second-order valence-electron chi connectivity index (χ2n) is 6.35. The molecule has 19 heavy (non-hydrogen) atoms. The van der Waals surface area contributed by atoms with E-state index < -0.39 is 0 Å². The molecule has 0 radical (unpaired) electrons. The Morgan fingerprint density at radius 1 is 1.47 bits per heavy atom. The number of hydrogen-bond acceptors (Lipinski definition) is 2. The van der Waals surface area contributed by atoms with Crippen LogP contribution in [0.25, 0.3) is 0 Å². The Labute approximate surface area is 115 Å². The Hall–Kier alpha value is -1.45. The maximum atomic E-state index is 12.6. The van der Waals surface area contributed by atoms with Crippen LogP contribution in [0.1, 0.15) is 50.5 Å². The molecule has 0 bridgehead atoms. The minimum Gasteiger partial charge on any atom is -0.397 e. The molecule has 1 fully saturated rings. The quantitative estimate of drug-likeness (QED) is 0.911. The van der Waals surface area contributed by atoms with Gasteiger partial charge in [0.05, 0.1) is 5.69 Å². The van der Waals surface area contributed by atoms with E-state index in [1.807, 2.05) is 15.7 Å². The van der Waals surface area contributed by atoms with E-state index in [9.17, 15) is 4.79 Å². The second-order valence-corrected chi connectivity index (χ2v) is 6.35. The summed E-state index contributed by atoms with van der Waals surface area (Å²) in [4.78, 5) is 14.6. The fourth-order valence-corrected chi connectivity index (χ4v) is 2.90. The van der Waals surface area contributed by atoms with Gasteiger partial charge in [0, 0.05) is 25.8 Å². The average molecular weight is 263 g/mol. The lowest BCUT2D eigenvalue weighted by atomic mass is 9.84. The van der Waals surface area contributed by atoms with Crippen LogP contribution >= 0.6 is 0 Å². The van der Waals surface area contributed by atoms with Gasteiger partial charge in [-0.15, -0.1) is 0 Å². The molecule has 1 aliphatic rings. The molecule has 0 aromatic carbocycles. The summed E-state index contributed by atoms with van der Waals surface area (Å²) < 4.78 is 1.99. The third kappa shape index (κ3) is 3.11. The van der Waals surface area contributed by atoms with E-state index in [1.54, 1.807) is 6.07 Å². The molecule has 0 saturated carbocycles. The van der Waals surface area contributed by atoms with Gasteiger partial charge in [0.2, 0.25) is 0 Å². The number of hydrogen-bond donors (Lipinski definition) is 1. The number of carbonyl (C=O) groups is 1. The van der Waals surface area contributed by atoms with Crippen LogP contribution < -0.4 is 5.73 Å². The van der Waals surface area contributed by atoms with E-state index in [2.05, 4.69) is 20.8 Å². The SMILES string of the molecule is CCCn1cc(N)cc1C(=O)N1CCCC(C)(C)C1. The van der Waals surface area contributed by atoms with Crippen LogP contribution in [0.3, 0.4) is 0 Å². The molecule has 4 nitrogen and oxygen atoms in total. The molecule has 1 aliphatic heterocycles. The number of carbonyl (C=O) groups excluding carboxylic acids is 1. The number of likely N-dealkylation sites (tertiary alicyclic amines) is 1. The Morgan fingerprint density at radius 2 is 2.21 bits per heavy atom. The van der Waals surface area contributed by atoms with Gasteiger partial charge in [-0.2, -0.15) is 0 Å². The normalized spacial score (nSPS) is 18.6. The molecule has 0 atom stereocenters. The summed E-state index contributed by atoms with van der Waals surface area (Å²) in [5.41, 5.74) is 7.47. The number of rotatable bonds is 3. The number of nitrogens with two attached hydrogens (primary N) is 1. The highest BCUT2D eigenvalue weighted by Crippen LogP contribution is 2.29. The minimum atomic E-state index is 0.123. The molecular weight excluding hydrogens is 238 g/mol. The number of aryl methyl sites for hydroxylation is 1. The number of nitrogens with zero attached hydrogens (tertiary/aromatic N) is 2. The van der Waals surface area contributed by atoms with Crippen LogP contribution in [-0.4, -0.2) is 28.5 Å². The first-order chi connectivity index (χ1) is 8.93. The van der Waals surface area contributed by atoms with Crippen molar-refractivity contribution in [2.75, 3.05) is 18.8 Å². The van der Waals surface area contributed by atoms with Crippen LogP contribution in [0.5, 0.6) is 0 Å². The minimum absolute atomic E-state index is 0.123. The maximum Gasteiger partial charge on any atom is 0.270 e. The Balaban J connectivity index is 2.19. The molecule has 2 heterocycles. The monoisotopic (exact) mass is 263 g/mol. The van der Waals surface area contributed by atoms with E-state index >= 15 is 0 Å². The van der Waals surface area contributed by atoms with Crippen molar-refractivity contribution in [3.8, 4) is 0 Å². The molecule has 1 aromatic rings. The highest BCUT2D eigenvalue weighted by molar-refractivity contribution is 5.94. The zero-order valence-electron chi connectivity index (χ0n) is 12.3. The highest BCUT2D eigenvalue weighted by atomic mass is 16.2. The predicted molar refractivity (Wildman–Crippen MR) is 78.1 cm³/mol. The largest absolute Gasteiger partial charge is 0.397 e. The van der Waals surface area contributed by atoms with E-state index in [4.69, 9.17) is 5.73 Å². The maximum absolute atomic E-state index is 12.6. The Bertz CT molecular complexity index is 462. The fourth-order valence-electron chi connectivity index (χ4n) is 2.90. The predicted octanol–water partition coefficient (Wildman–Crippen LogP) is 2.74. The van der Waals surface area contributed by atoms with Gasteiger partial charge in [0.25, 0.3) is 5.91 Å². The summed E-state index contributed by atoms with van der Waals surface area (Å²) in [6.07, 6.45) is 5.14. The summed E-state index contributed by atoms with van der Waals surface area (Å²) in [6, 6.07) is 1.81. The molecule has 1 aromatic heterocycles. The number of anilines is 1. The lowest BCUT2D eigenvalue weighted by Gasteiger charge is -2.38. The summed E-state index contributed by atoms with van der Waals surface area (Å²) in [6.45, 7) is 9.10. The van der Waals surface area contributed by atoms with Gasteiger partial charge in [0.15, 0.2) is 0 Å². The first-order valence-electron chi connectivity index (χ1n) is 7.18. The smallest absolute Gasteiger partial charge is 0.270 e. The molecule has 0 spiro atoms. The van der Waals surface area contributed by atoms with Gasteiger partial charge in [-0.3, -0.25) is 4.79 Å². The number of nitrogen functional groups attached to an aromatic ring is 1. The fraction of sp³-hybridized carbons (Fsp3) is 0.667. The first kappa shape index (κ1) is 14.0. The first-order valence-corrected chi connectivity index (χ1v) is 7.18. The molecule has 106 valence electrons. The van der Waals surface area contributed by atoms with Crippen molar-refractivity contribution >= 4 is 11.6 Å². The zero-order valence-corrected chi connectivity index (χ0v) is 12.3. The standard InChI is InChI=1S/C15H25N3O/c1-4-7-17-10-12(16)9-13(17)14(19)18-8-5-6-15(2,3)11-18/h9-10H,4-8,11,16H2,1-3H3.